The second-order valence-electron chi connectivity index (χ2n) is 7.97. The summed E-state index contributed by atoms with van der Waals surface area (Å²) in [6, 6.07) is 13.8. The fraction of sp³-hybridized carbons (Fsp3) is 0.500. The van der Waals surface area contributed by atoms with Gasteiger partial charge in [-0.15, -0.1) is 0 Å². The molecule has 0 radical (unpaired) electrons. The van der Waals surface area contributed by atoms with Crippen molar-refractivity contribution < 1.29 is 19.0 Å². The predicted molar refractivity (Wildman–Crippen MR) is 123 cm³/mol. The van der Waals surface area contributed by atoms with E-state index in [9.17, 15) is 4.79 Å². The summed E-state index contributed by atoms with van der Waals surface area (Å²) in [5.41, 5.74) is 1.99. The average molecular weight is 426 g/mol. The highest BCUT2D eigenvalue weighted by molar-refractivity contribution is 5.95. The molecule has 1 fully saturated rings. The maximum atomic E-state index is 12.7. The van der Waals surface area contributed by atoms with E-state index in [-0.39, 0.29) is 5.91 Å². The van der Waals surface area contributed by atoms with Crippen molar-refractivity contribution in [3.05, 3.63) is 53.6 Å². The molecule has 31 heavy (non-hydrogen) atoms. The molecule has 1 amide bonds. The molecule has 0 atom stereocenters. The number of likely N-dealkylation sites (tertiary alicyclic amines) is 1. The number of hydrogen-bond acceptors (Lipinski definition) is 4. The third kappa shape index (κ3) is 6.91. The van der Waals surface area contributed by atoms with Gasteiger partial charge in [0.1, 0.15) is 5.75 Å². The number of amides is 1. The summed E-state index contributed by atoms with van der Waals surface area (Å²) < 4.78 is 17.2. The van der Waals surface area contributed by atoms with Gasteiger partial charge in [-0.2, -0.15) is 0 Å². The highest BCUT2D eigenvalue weighted by Crippen LogP contribution is 2.29. The highest BCUT2D eigenvalue weighted by atomic mass is 16.5. The van der Waals surface area contributed by atoms with Crippen LogP contribution >= 0.6 is 0 Å². The van der Waals surface area contributed by atoms with Gasteiger partial charge < -0.3 is 19.1 Å². The molecule has 5 nitrogen and oxygen atoms in total. The summed E-state index contributed by atoms with van der Waals surface area (Å²) in [4.78, 5) is 14.6. The molecule has 0 spiro atoms. The molecule has 3 rings (SSSR count). The maximum Gasteiger partial charge on any atom is 0.253 e. The predicted octanol–water partition coefficient (Wildman–Crippen LogP) is 5.51. The first-order chi connectivity index (χ1) is 15.2. The Morgan fingerprint density at radius 1 is 0.871 bits per heavy atom. The SMILES string of the molecule is CCc1ccc(OCCCCCOc2ccc(C(=O)N3CCCCC3)cc2OC)cc1. The summed E-state index contributed by atoms with van der Waals surface area (Å²) in [7, 11) is 1.61. The number of unbranched alkanes of at least 4 members (excludes halogenated alkanes) is 2. The molecular formula is C26H35NO4. The molecule has 1 heterocycles. The number of ether oxygens (including phenoxy) is 3. The van der Waals surface area contributed by atoms with Gasteiger partial charge in [-0.05, 0) is 80.8 Å². The Kier molecular flexibility index (Phi) is 9.07. The quantitative estimate of drug-likeness (QED) is 0.445. The van der Waals surface area contributed by atoms with Crippen LogP contribution in [0.3, 0.4) is 0 Å². The van der Waals surface area contributed by atoms with Gasteiger partial charge in [-0.25, -0.2) is 0 Å². The van der Waals surface area contributed by atoms with E-state index >= 15 is 0 Å². The molecular weight excluding hydrogens is 390 g/mol. The Balaban J connectivity index is 1.38. The molecule has 1 aliphatic rings. The van der Waals surface area contributed by atoms with E-state index in [1.807, 2.05) is 29.2 Å². The Labute approximate surface area is 186 Å². The van der Waals surface area contributed by atoms with E-state index in [2.05, 4.69) is 19.1 Å². The summed E-state index contributed by atoms with van der Waals surface area (Å²) in [6.45, 7) is 5.15. The van der Waals surface area contributed by atoms with E-state index in [1.54, 1.807) is 13.2 Å². The van der Waals surface area contributed by atoms with E-state index < -0.39 is 0 Å². The Bertz CT molecular complexity index is 813. The lowest BCUT2D eigenvalue weighted by molar-refractivity contribution is 0.0724. The first kappa shape index (κ1) is 23.0. The number of carbonyl (C=O) groups excluding carboxylic acids is 1. The number of hydrogen-bond donors (Lipinski definition) is 0. The molecule has 0 saturated carbocycles. The van der Waals surface area contributed by atoms with E-state index in [4.69, 9.17) is 14.2 Å². The minimum atomic E-state index is 0.0777. The third-order valence-corrected chi connectivity index (χ3v) is 5.70. The molecule has 0 N–H and O–H groups in total. The lowest BCUT2D eigenvalue weighted by Crippen LogP contribution is -2.35. The largest absolute Gasteiger partial charge is 0.494 e. The fourth-order valence-corrected chi connectivity index (χ4v) is 3.77. The number of benzene rings is 2. The van der Waals surface area contributed by atoms with Gasteiger partial charge in [-0.3, -0.25) is 4.79 Å². The van der Waals surface area contributed by atoms with Crippen molar-refractivity contribution in [3.63, 3.8) is 0 Å². The summed E-state index contributed by atoms with van der Waals surface area (Å²) in [5, 5.41) is 0. The van der Waals surface area contributed by atoms with Gasteiger partial charge in [-0.1, -0.05) is 19.1 Å². The van der Waals surface area contributed by atoms with Crippen LogP contribution in [0, 0.1) is 0 Å². The van der Waals surface area contributed by atoms with Gasteiger partial charge in [0, 0.05) is 18.7 Å². The number of rotatable bonds is 11. The van der Waals surface area contributed by atoms with Crippen LogP contribution in [0.4, 0.5) is 0 Å². The molecule has 2 aromatic carbocycles. The minimum absolute atomic E-state index is 0.0777. The van der Waals surface area contributed by atoms with Crippen molar-refractivity contribution in [1.82, 2.24) is 4.90 Å². The number of methoxy groups -OCH3 is 1. The molecule has 168 valence electrons. The average Bonchev–Trinajstić information content (AvgIpc) is 2.84. The molecule has 0 aliphatic carbocycles. The highest BCUT2D eigenvalue weighted by Gasteiger charge is 2.19. The molecule has 0 aromatic heterocycles. The Morgan fingerprint density at radius 2 is 1.58 bits per heavy atom. The fourth-order valence-electron chi connectivity index (χ4n) is 3.77. The smallest absolute Gasteiger partial charge is 0.253 e. The first-order valence-electron chi connectivity index (χ1n) is 11.5. The van der Waals surface area contributed by atoms with Crippen LogP contribution in [0.15, 0.2) is 42.5 Å². The number of piperidine rings is 1. The zero-order valence-corrected chi connectivity index (χ0v) is 18.9. The Hall–Kier alpha value is -2.69. The first-order valence-corrected chi connectivity index (χ1v) is 11.5. The standard InChI is InChI=1S/C26H35NO4/c1-3-21-10-13-23(14-11-21)30-18-8-5-9-19-31-24-15-12-22(20-25(24)29-2)26(28)27-16-6-4-7-17-27/h10-15,20H,3-9,16-19H2,1-2H3. The lowest BCUT2D eigenvalue weighted by Gasteiger charge is -2.27. The van der Waals surface area contributed by atoms with Gasteiger partial charge in [0.15, 0.2) is 11.5 Å². The van der Waals surface area contributed by atoms with Crippen LogP contribution in [-0.4, -0.2) is 44.2 Å². The second-order valence-corrected chi connectivity index (χ2v) is 7.97. The van der Waals surface area contributed by atoms with Crippen LogP contribution in [0.2, 0.25) is 0 Å². The molecule has 0 bridgehead atoms. The number of carbonyl (C=O) groups is 1. The topological polar surface area (TPSA) is 48.0 Å². The van der Waals surface area contributed by atoms with Crippen LogP contribution in [0.25, 0.3) is 0 Å². The molecule has 0 unspecified atom stereocenters. The van der Waals surface area contributed by atoms with Crippen molar-refractivity contribution in [2.45, 2.75) is 51.9 Å². The molecule has 5 heteroatoms. The van der Waals surface area contributed by atoms with Gasteiger partial charge in [0.2, 0.25) is 0 Å². The van der Waals surface area contributed by atoms with Crippen LogP contribution < -0.4 is 14.2 Å². The minimum Gasteiger partial charge on any atom is -0.494 e. The summed E-state index contributed by atoms with van der Waals surface area (Å²) in [6.07, 6.45) is 7.37. The molecule has 2 aromatic rings. The summed E-state index contributed by atoms with van der Waals surface area (Å²) in [5.74, 6) is 2.30. The van der Waals surface area contributed by atoms with Crippen molar-refractivity contribution in [2.75, 3.05) is 33.4 Å². The van der Waals surface area contributed by atoms with Crippen molar-refractivity contribution >= 4 is 5.91 Å². The van der Waals surface area contributed by atoms with Crippen molar-refractivity contribution in [2.24, 2.45) is 0 Å². The number of aryl methyl sites for hydroxylation is 1. The van der Waals surface area contributed by atoms with Gasteiger partial charge in [0.25, 0.3) is 5.91 Å². The second kappa shape index (κ2) is 12.2. The third-order valence-electron chi connectivity index (χ3n) is 5.70. The lowest BCUT2D eigenvalue weighted by atomic mass is 10.1. The number of nitrogens with zero attached hydrogens (tertiary/aromatic N) is 1. The maximum absolute atomic E-state index is 12.7. The van der Waals surface area contributed by atoms with Crippen molar-refractivity contribution in [3.8, 4) is 17.2 Å². The van der Waals surface area contributed by atoms with Crippen LogP contribution in [0.5, 0.6) is 17.2 Å². The zero-order valence-electron chi connectivity index (χ0n) is 18.9. The zero-order chi connectivity index (χ0) is 21.9. The van der Waals surface area contributed by atoms with Gasteiger partial charge >= 0.3 is 0 Å². The normalized spacial score (nSPS) is 13.7. The van der Waals surface area contributed by atoms with E-state index in [0.717, 1.165) is 57.4 Å². The molecule has 1 aliphatic heterocycles. The molecule has 1 saturated heterocycles. The van der Waals surface area contributed by atoms with E-state index in [1.165, 1.54) is 12.0 Å². The van der Waals surface area contributed by atoms with Crippen molar-refractivity contribution in [1.29, 1.82) is 0 Å². The monoisotopic (exact) mass is 425 g/mol. The van der Waals surface area contributed by atoms with E-state index in [0.29, 0.717) is 30.3 Å². The Morgan fingerprint density at radius 3 is 2.26 bits per heavy atom. The van der Waals surface area contributed by atoms with Crippen LogP contribution in [-0.2, 0) is 6.42 Å². The van der Waals surface area contributed by atoms with Gasteiger partial charge in [0.05, 0.1) is 20.3 Å². The van der Waals surface area contributed by atoms with Crippen LogP contribution in [0.1, 0.15) is 61.4 Å². The summed E-state index contributed by atoms with van der Waals surface area (Å²) >= 11 is 0.